The molecule has 0 saturated heterocycles. The number of aromatic hydroxyl groups is 2. The minimum atomic E-state index is -0.852. The van der Waals surface area contributed by atoms with Gasteiger partial charge in [-0.05, 0) is 6.42 Å². The van der Waals surface area contributed by atoms with Crippen molar-refractivity contribution in [3.63, 3.8) is 0 Å². The van der Waals surface area contributed by atoms with Crippen molar-refractivity contribution in [3.8, 4) is 11.8 Å². The van der Waals surface area contributed by atoms with Crippen molar-refractivity contribution in [2.24, 2.45) is 0 Å². The number of carbonyl (C=O) groups is 7. The van der Waals surface area contributed by atoms with Crippen LogP contribution < -0.4 is 26.1 Å². The molecule has 200 valence electrons. The van der Waals surface area contributed by atoms with Crippen molar-refractivity contribution in [1.29, 1.82) is 0 Å². The molecule has 1 aromatic heterocycles. The van der Waals surface area contributed by atoms with Crippen molar-refractivity contribution in [1.82, 2.24) is 30.9 Å². The molecule has 0 spiro atoms. The zero-order valence-electron chi connectivity index (χ0n) is 19.5. The van der Waals surface area contributed by atoms with Crippen LogP contribution in [0, 0.1) is 0 Å². The van der Waals surface area contributed by atoms with Gasteiger partial charge in [0.2, 0.25) is 35.4 Å². The van der Waals surface area contributed by atoms with E-state index >= 15 is 0 Å². The van der Waals surface area contributed by atoms with Gasteiger partial charge in [-0.2, -0.15) is 0 Å². The van der Waals surface area contributed by atoms with Crippen LogP contribution in [0.3, 0.4) is 0 Å². The molecular weight excluding hydrogens is 496 g/mol. The highest BCUT2D eigenvalue weighted by Gasteiger charge is 2.22. The highest BCUT2D eigenvalue weighted by molar-refractivity contribution is 6.12. The molecule has 0 unspecified atom stereocenters. The number of aromatic nitrogens is 1. The van der Waals surface area contributed by atoms with Gasteiger partial charge in [-0.15, -0.1) is 4.73 Å². The molecule has 0 fully saturated rings. The summed E-state index contributed by atoms with van der Waals surface area (Å²) in [6, 6.07) is 2.22. The third kappa shape index (κ3) is 9.71. The summed E-state index contributed by atoms with van der Waals surface area (Å²) < 4.78 is 0.504. The number of hydrogen-bond donors (Lipinski definition) is 6. The van der Waals surface area contributed by atoms with Crippen molar-refractivity contribution < 1.29 is 48.6 Å². The Kier molecular flexibility index (Phi) is 10.6. The summed E-state index contributed by atoms with van der Waals surface area (Å²) in [6.45, 7) is -1.36. The van der Waals surface area contributed by atoms with Gasteiger partial charge in [0.25, 0.3) is 11.8 Å². The Hall–Kier alpha value is -4.89. The quantitative estimate of drug-likeness (QED) is 0.132. The molecular formula is C21H26N6O10. The zero-order chi connectivity index (χ0) is 27.4. The Morgan fingerprint density at radius 1 is 0.730 bits per heavy atom. The lowest BCUT2D eigenvalue weighted by Crippen LogP contribution is -2.44. The highest BCUT2D eigenvalue weighted by Crippen LogP contribution is 2.18. The topological polar surface area (TPSA) is 225 Å². The first-order chi connectivity index (χ1) is 17.6. The lowest BCUT2D eigenvalue weighted by molar-refractivity contribution is -0.145. The largest absolute Gasteiger partial charge is 0.492 e. The molecule has 16 heteroatoms. The fourth-order valence-corrected chi connectivity index (χ4v) is 2.81. The summed E-state index contributed by atoms with van der Waals surface area (Å²) in [5.41, 5.74) is 0. The maximum atomic E-state index is 11.8. The number of hydrogen-bond acceptors (Lipinski definition) is 10. The van der Waals surface area contributed by atoms with E-state index in [0.29, 0.717) is 4.73 Å². The van der Waals surface area contributed by atoms with E-state index in [1.54, 1.807) is 0 Å². The van der Waals surface area contributed by atoms with E-state index in [1.165, 1.54) is 0 Å². The molecule has 1 aliphatic heterocycles. The fraction of sp³-hybridized carbons (Fsp3) is 0.381. The monoisotopic (exact) mass is 522 g/mol. The Morgan fingerprint density at radius 3 is 1.76 bits per heavy atom. The lowest BCUT2D eigenvalue weighted by Gasteiger charge is -2.13. The smallest absolute Gasteiger partial charge is 0.334 e. The minimum Gasteiger partial charge on any atom is -0.492 e. The van der Waals surface area contributed by atoms with Gasteiger partial charge in [-0.25, -0.2) is 4.79 Å². The molecule has 0 aromatic carbocycles. The van der Waals surface area contributed by atoms with Crippen molar-refractivity contribution in [2.75, 3.05) is 32.7 Å². The number of nitrogens with one attached hydrogen (secondary N) is 4. The Morgan fingerprint density at radius 2 is 1.22 bits per heavy atom. The first-order valence-electron chi connectivity index (χ1n) is 11.0. The van der Waals surface area contributed by atoms with Crippen LogP contribution in [-0.4, -0.2) is 94.0 Å². The van der Waals surface area contributed by atoms with E-state index in [2.05, 4.69) is 21.3 Å². The second kappa shape index (κ2) is 13.9. The molecule has 6 N–H and O–H groups in total. The molecule has 1 aromatic rings. The lowest BCUT2D eigenvalue weighted by atomic mass is 10.2. The SMILES string of the molecule is O=C(CCCN1C(=O)C=CC1=O)NCC(=O)NCC(=O)NCC(=O)NCCC(=O)On1c(O)ccc1O. The van der Waals surface area contributed by atoms with E-state index in [4.69, 9.17) is 4.84 Å². The highest BCUT2D eigenvalue weighted by atomic mass is 16.7. The van der Waals surface area contributed by atoms with E-state index in [9.17, 15) is 43.8 Å². The van der Waals surface area contributed by atoms with E-state index in [-0.39, 0.29) is 32.4 Å². The summed E-state index contributed by atoms with van der Waals surface area (Å²) in [7, 11) is 0. The van der Waals surface area contributed by atoms with Gasteiger partial charge >= 0.3 is 5.97 Å². The first-order valence-corrected chi connectivity index (χ1v) is 11.0. The van der Waals surface area contributed by atoms with Crippen molar-refractivity contribution in [3.05, 3.63) is 24.3 Å². The summed E-state index contributed by atoms with van der Waals surface area (Å²) in [4.78, 5) is 87.2. The molecule has 0 bridgehead atoms. The van der Waals surface area contributed by atoms with Crippen LogP contribution in [0.15, 0.2) is 24.3 Å². The molecule has 0 saturated carbocycles. The predicted octanol–water partition coefficient (Wildman–Crippen LogP) is -3.59. The van der Waals surface area contributed by atoms with Crippen molar-refractivity contribution in [2.45, 2.75) is 19.3 Å². The van der Waals surface area contributed by atoms with Crippen LogP contribution in [0.2, 0.25) is 0 Å². The maximum Gasteiger partial charge on any atom is 0.334 e. The second-order valence-corrected chi connectivity index (χ2v) is 7.50. The molecule has 2 heterocycles. The fourth-order valence-electron chi connectivity index (χ4n) is 2.81. The van der Waals surface area contributed by atoms with Crippen LogP contribution in [0.4, 0.5) is 0 Å². The van der Waals surface area contributed by atoms with Gasteiger partial charge < -0.3 is 36.3 Å². The van der Waals surface area contributed by atoms with E-state index in [1.807, 2.05) is 0 Å². The molecule has 1 aliphatic rings. The van der Waals surface area contributed by atoms with Gasteiger partial charge in [0.1, 0.15) is 0 Å². The summed E-state index contributed by atoms with van der Waals surface area (Å²) in [5, 5.41) is 27.9. The standard InChI is InChI=1S/C21H26N6O10/c28-13(2-1-9-26-17(32)3-4-18(26)33)23-11-15(30)25-12-16(31)24-10-14(29)22-8-7-21(36)37-27-19(34)5-6-20(27)35/h3-6,34-35H,1-2,7-12H2,(H,22,29)(H,23,28)(H,24,31)(H,25,30). The van der Waals surface area contributed by atoms with Crippen LogP contribution in [0.1, 0.15) is 19.3 Å². The van der Waals surface area contributed by atoms with Gasteiger partial charge in [-0.1, -0.05) is 0 Å². The summed E-state index contributed by atoms with van der Waals surface area (Å²) in [6.07, 6.45) is 2.20. The molecule has 16 nitrogen and oxygen atoms in total. The third-order valence-electron chi connectivity index (χ3n) is 4.67. The number of amides is 6. The average Bonchev–Trinajstić information content (AvgIpc) is 3.35. The van der Waals surface area contributed by atoms with E-state index < -0.39 is 72.8 Å². The first kappa shape index (κ1) is 28.3. The zero-order valence-corrected chi connectivity index (χ0v) is 19.5. The Balaban J connectivity index is 1.50. The molecule has 0 radical (unpaired) electrons. The molecule has 0 aliphatic carbocycles. The maximum absolute atomic E-state index is 11.8. The average molecular weight is 522 g/mol. The third-order valence-corrected chi connectivity index (χ3v) is 4.67. The Bertz CT molecular complexity index is 1060. The van der Waals surface area contributed by atoms with Gasteiger partial charge in [0, 0.05) is 43.8 Å². The summed E-state index contributed by atoms with van der Waals surface area (Å²) in [5.74, 6) is -5.16. The van der Waals surface area contributed by atoms with Crippen molar-refractivity contribution >= 4 is 41.4 Å². The number of rotatable bonds is 14. The number of carbonyl (C=O) groups excluding carboxylic acids is 7. The Labute approximate surface area is 209 Å². The van der Waals surface area contributed by atoms with Crippen LogP contribution in [0.25, 0.3) is 0 Å². The predicted molar refractivity (Wildman–Crippen MR) is 121 cm³/mol. The molecule has 37 heavy (non-hydrogen) atoms. The van der Waals surface area contributed by atoms with Gasteiger partial charge in [-0.3, -0.25) is 33.7 Å². The van der Waals surface area contributed by atoms with Crippen LogP contribution in [-0.2, 0) is 33.6 Å². The minimum absolute atomic E-state index is 0.0189. The van der Waals surface area contributed by atoms with E-state index in [0.717, 1.165) is 29.2 Å². The second-order valence-electron chi connectivity index (χ2n) is 7.50. The molecule has 6 amide bonds. The summed E-state index contributed by atoms with van der Waals surface area (Å²) >= 11 is 0. The van der Waals surface area contributed by atoms with Gasteiger partial charge in [0.15, 0.2) is 0 Å². The van der Waals surface area contributed by atoms with Crippen LogP contribution in [0.5, 0.6) is 11.8 Å². The molecule has 0 atom stereocenters. The number of nitrogens with zero attached hydrogens (tertiary/aromatic N) is 2. The molecule has 2 rings (SSSR count). The normalized spacial score (nSPS) is 12.3. The van der Waals surface area contributed by atoms with Crippen LogP contribution >= 0.6 is 0 Å². The van der Waals surface area contributed by atoms with Gasteiger partial charge in [0.05, 0.1) is 26.1 Å². The number of imide groups is 1.